The van der Waals surface area contributed by atoms with Gasteiger partial charge >= 0.3 is 0 Å². The molecule has 0 aliphatic heterocycles. The topological polar surface area (TPSA) is 147 Å². The van der Waals surface area contributed by atoms with Crippen LogP contribution >= 0.6 is 0 Å². The number of rotatable bonds is 5. The number of primary amides is 1. The third-order valence-electron chi connectivity index (χ3n) is 6.28. The molecule has 12 heteroatoms. The Morgan fingerprint density at radius 2 is 1.92 bits per heavy atom. The van der Waals surface area contributed by atoms with Gasteiger partial charge in [-0.25, -0.2) is 14.1 Å². The number of carbonyl (C=O) groups is 1. The van der Waals surface area contributed by atoms with Gasteiger partial charge in [0.1, 0.15) is 11.5 Å². The smallest absolute Gasteiger partial charge is 0.283 e. The normalized spacial score (nSPS) is 11.8. The average molecular weight is 517 g/mol. The van der Waals surface area contributed by atoms with Crippen molar-refractivity contribution in [3.05, 3.63) is 82.0 Å². The second-order valence-electron chi connectivity index (χ2n) is 9.93. The zero-order valence-corrected chi connectivity index (χ0v) is 21.2. The Morgan fingerprint density at radius 3 is 2.55 bits per heavy atom. The Kier molecular flexibility index (Phi) is 5.91. The molecule has 0 unspecified atom stereocenters. The second kappa shape index (κ2) is 8.99. The molecule has 0 fully saturated rings. The summed E-state index contributed by atoms with van der Waals surface area (Å²) in [6.45, 7) is 5.29. The van der Waals surface area contributed by atoms with Crippen LogP contribution in [0.25, 0.3) is 33.5 Å². The Hall–Kier alpha value is -4.71. The number of benzene rings is 1. The quantitative estimate of drug-likeness (QED) is 0.365. The molecule has 38 heavy (non-hydrogen) atoms. The van der Waals surface area contributed by atoms with Crippen molar-refractivity contribution in [3.8, 4) is 22.8 Å². The van der Waals surface area contributed by atoms with Gasteiger partial charge < -0.3 is 10.8 Å². The number of carbonyl (C=O) groups excluding carboxylic acids is 1. The monoisotopic (exact) mass is 516 g/mol. The minimum atomic E-state index is -0.728. The highest BCUT2D eigenvalue weighted by Crippen LogP contribution is 2.28. The van der Waals surface area contributed by atoms with Crippen LogP contribution in [0.2, 0.25) is 0 Å². The lowest BCUT2D eigenvalue weighted by Gasteiger charge is -2.20. The van der Waals surface area contributed by atoms with E-state index in [-0.39, 0.29) is 27.7 Å². The summed E-state index contributed by atoms with van der Waals surface area (Å²) in [6, 6.07) is 4.64. The van der Waals surface area contributed by atoms with Crippen molar-refractivity contribution in [2.45, 2.75) is 32.8 Å². The number of amides is 1. The van der Waals surface area contributed by atoms with Gasteiger partial charge in [0, 0.05) is 42.2 Å². The van der Waals surface area contributed by atoms with Gasteiger partial charge in [0.25, 0.3) is 11.5 Å². The molecule has 194 valence electrons. The summed E-state index contributed by atoms with van der Waals surface area (Å²) in [7, 11) is 1.73. The Morgan fingerprint density at radius 1 is 1.16 bits per heavy atom. The lowest BCUT2D eigenvalue weighted by molar-refractivity contribution is 0.100. The van der Waals surface area contributed by atoms with Crippen LogP contribution in [-0.4, -0.2) is 45.3 Å². The van der Waals surface area contributed by atoms with Crippen LogP contribution in [0.15, 0.2) is 54.0 Å². The van der Waals surface area contributed by atoms with E-state index in [9.17, 15) is 14.7 Å². The van der Waals surface area contributed by atoms with Crippen molar-refractivity contribution in [2.75, 3.05) is 0 Å². The zero-order valence-electron chi connectivity index (χ0n) is 21.2. The van der Waals surface area contributed by atoms with Crippen molar-refractivity contribution in [3.63, 3.8) is 0 Å². The maximum Gasteiger partial charge on any atom is 0.283 e. The zero-order chi connectivity index (χ0) is 27.4. The first-order chi connectivity index (χ1) is 18.0. The third kappa shape index (κ3) is 4.14. The maximum atomic E-state index is 15.2. The van der Waals surface area contributed by atoms with Gasteiger partial charge in [0.05, 0.1) is 35.6 Å². The van der Waals surface area contributed by atoms with Crippen LogP contribution in [0, 0.1) is 5.82 Å². The van der Waals surface area contributed by atoms with Crippen LogP contribution in [0.4, 0.5) is 4.39 Å². The molecule has 1 aromatic carbocycles. The van der Waals surface area contributed by atoms with E-state index in [1.165, 1.54) is 29.3 Å². The van der Waals surface area contributed by atoms with E-state index in [4.69, 9.17) is 5.73 Å². The lowest BCUT2D eigenvalue weighted by atomic mass is 9.86. The average Bonchev–Trinajstić information content (AvgIpc) is 3.49. The summed E-state index contributed by atoms with van der Waals surface area (Å²) in [5, 5.41) is 23.4. The standard InChI is InChI=1S/C26H25FN8O3/c1-26(2,3)16-7-14-9-31-35(25(38)21(14)19(27)8-16)24-18(13-36)20(5-6-29-24)34-12-17(23(28)37)22(32-34)15-10-30-33(4)11-15/h5-12,36H,13H2,1-4H3,(H2,28,37). The fourth-order valence-corrected chi connectivity index (χ4v) is 4.27. The number of fused-ring (bicyclic) bond motifs is 1. The molecule has 11 nitrogen and oxygen atoms in total. The van der Waals surface area contributed by atoms with E-state index in [0.29, 0.717) is 22.3 Å². The molecule has 0 spiro atoms. The highest BCUT2D eigenvalue weighted by Gasteiger charge is 2.23. The molecule has 5 aromatic rings. The molecule has 0 aliphatic carbocycles. The maximum absolute atomic E-state index is 15.2. The van der Waals surface area contributed by atoms with Gasteiger partial charge in [-0.3, -0.25) is 14.3 Å². The number of aryl methyl sites for hydroxylation is 1. The summed E-state index contributed by atoms with van der Waals surface area (Å²) in [5.74, 6) is -1.38. The summed E-state index contributed by atoms with van der Waals surface area (Å²) in [6.07, 6.45) is 7.44. The number of hydrogen-bond donors (Lipinski definition) is 2. The number of pyridine rings is 1. The second-order valence-corrected chi connectivity index (χ2v) is 9.93. The van der Waals surface area contributed by atoms with E-state index in [0.717, 1.165) is 10.2 Å². The lowest BCUT2D eigenvalue weighted by Crippen LogP contribution is -2.25. The van der Waals surface area contributed by atoms with Crippen LogP contribution in [0.3, 0.4) is 0 Å². The first-order valence-corrected chi connectivity index (χ1v) is 11.7. The molecular formula is C26H25FN8O3. The molecule has 0 atom stereocenters. The number of aliphatic hydroxyl groups is 1. The first-order valence-electron chi connectivity index (χ1n) is 11.7. The van der Waals surface area contributed by atoms with Crippen molar-refractivity contribution in [1.29, 1.82) is 0 Å². The molecule has 1 amide bonds. The summed E-state index contributed by atoms with van der Waals surface area (Å²) < 4.78 is 19.0. The van der Waals surface area contributed by atoms with E-state index in [1.807, 2.05) is 20.8 Å². The number of aliphatic hydroxyl groups excluding tert-OH is 1. The summed E-state index contributed by atoms with van der Waals surface area (Å²) >= 11 is 0. The predicted molar refractivity (Wildman–Crippen MR) is 138 cm³/mol. The van der Waals surface area contributed by atoms with Crippen LogP contribution in [0.1, 0.15) is 42.3 Å². The molecule has 5 rings (SSSR count). The number of hydrogen-bond acceptors (Lipinski definition) is 7. The highest BCUT2D eigenvalue weighted by atomic mass is 19.1. The fraction of sp³-hybridized carbons (Fsp3) is 0.231. The third-order valence-corrected chi connectivity index (χ3v) is 6.28. The number of nitrogens with zero attached hydrogens (tertiary/aromatic N) is 7. The van der Waals surface area contributed by atoms with E-state index >= 15 is 4.39 Å². The Labute approximate surface area is 216 Å². The van der Waals surface area contributed by atoms with Gasteiger partial charge in [-0.2, -0.15) is 20.0 Å². The molecule has 4 heterocycles. The SMILES string of the molecule is Cn1cc(-c2nn(-c3ccnc(-n4ncc5cc(C(C)(C)C)cc(F)c5c4=O)c3CO)cc2C(N)=O)cn1. The summed E-state index contributed by atoms with van der Waals surface area (Å²) in [4.78, 5) is 29.8. The molecule has 4 aromatic heterocycles. The Bertz CT molecular complexity index is 1780. The number of nitrogens with two attached hydrogens (primary N) is 1. The molecular weight excluding hydrogens is 491 g/mol. The number of aromatic nitrogens is 7. The molecule has 0 saturated carbocycles. The predicted octanol–water partition coefficient (Wildman–Crippen LogP) is 2.39. The van der Waals surface area contributed by atoms with Gasteiger partial charge in [0.15, 0.2) is 5.82 Å². The van der Waals surface area contributed by atoms with Crippen LogP contribution < -0.4 is 11.3 Å². The fourth-order valence-electron chi connectivity index (χ4n) is 4.27. The van der Waals surface area contributed by atoms with Gasteiger partial charge in [-0.05, 0) is 29.2 Å². The van der Waals surface area contributed by atoms with Gasteiger partial charge in [0.2, 0.25) is 0 Å². The minimum absolute atomic E-state index is 0.00440. The number of halogens is 1. The first kappa shape index (κ1) is 25.0. The van der Waals surface area contributed by atoms with Crippen molar-refractivity contribution >= 4 is 16.7 Å². The molecule has 0 saturated heterocycles. The van der Waals surface area contributed by atoms with E-state index in [2.05, 4.69) is 20.3 Å². The van der Waals surface area contributed by atoms with E-state index in [1.54, 1.807) is 36.3 Å². The summed E-state index contributed by atoms with van der Waals surface area (Å²) in [5.41, 5.74) is 6.78. The molecule has 0 aliphatic rings. The Balaban J connectivity index is 1.69. The van der Waals surface area contributed by atoms with E-state index < -0.39 is 23.9 Å². The van der Waals surface area contributed by atoms with Gasteiger partial charge in [-0.15, -0.1) is 0 Å². The van der Waals surface area contributed by atoms with Crippen LogP contribution in [0.5, 0.6) is 0 Å². The minimum Gasteiger partial charge on any atom is -0.391 e. The highest BCUT2D eigenvalue weighted by molar-refractivity contribution is 5.98. The largest absolute Gasteiger partial charge is 0.391 e. The molecule has 0 radical (unpaired) electrons. The van der Waals surface area contributed by atoms with Crippen molar-refractivity contribution in [2.24, 2.45) is 12.8 Å². The van der Waals surface area contributed by atoms with Gasteiger partial charge in [-0.1, -0.05) is 20.8 Å². The molecule has 0 bridgehead atoms. The van der Waals surface area contributed by atoms with Crippen molar-refractivity contribution < 1.29 is 14.3 Å². The molecule has 3 N–H and O–H groups in total. The van der Waals surface area contributed by atoms with Crippen molar-refractivity contribution in [1.82, 2.24) is 34.3 Å². The van der Waals surface area contributed by atoms with Crippen LogP contribution in [-0.2, 0) is 19.1 Å².